The largest absolute Gasteiger partial charge is 0.481 e. The summed E-state index contributed by atoms with van der Waals surface area (Å²) >= 11 is 0. The summed E-state index contributed by atoms with van der Waals surface area (Å²) < 4.78 is 0. The zero-order valence-electron chi connectivity index (χ0n) is 11.3. The van der Waals surface area contributed by atoms with Crippen molar-refractivity contribution in [2.45, 2.75) is 19.3 Å². The number of rotatable bonds is 3. The molecule has 1 fully saturated rings. The molecule has 1 aliphatic carbocycles. The number of carbonyl (C=O) groups excluding carboxylic acids is 1. The first-order chi connectivity index (χ1) is 10.1. The Balaban J connectivity index is 1.92. The van der Waals surface area contributed by atoms with Gasteiger partial charge in [0.2, 0.25) is 0 Å². The minimum atomic E-state index is -0.823. The number of fused-ring (bicyclic) bond motifs is 1. The number of hydrogen-bond acceptors (Lipinski definition) is 3. The maximum atomic E-state index is 12.6. The van der Waals surface area contributed by atoms with Gasteiger partial charge in [-0.2, -0.15) is 5.26 Å². The molecule has 0 aliphatic heterocycles. The van der Waals surface area contributed by atoms with Crippen molar-refractivity contribution in [3.63, 3.8) is 0 Å². The van der Waals surface area contributed by atoms with Crippen LogP contribution in [0.4, 0.5) is 0 Å². The van der Waals surface area contributed by atoms with Gasteiger partial charge in [-0.25, -0.2) is 0 Å². The molecule has 0 amide bonds. The third-order valence-corrected chi connectivity index (χ3v) is 4.23. The monoisotopic (exact) mass is 282 g/mol. The number of H-pyrrole nitrogens is 1. The van der Waals surface area contributed by atoms with E-state index >= 15 is 0 Å². The molecule has 0 radical (unpaired) electrons. The van der Waals surface area contributed by atoms with Crippen molar-refractivity contribution in [3.8, 4) is 6.07 Å². The molecule has 21 heavy (non-hydrogen) atoms. The summed E-state index contributed by atoms with van der Waals surface area (Å²) in [5.74, 6) is -1.51. The van der Waals surface area contributed by atoms with E-state index in [2.05, 4.69) is 11.1 Å². The van der Waals surface area contributed by atoms with Crippen molar-refractivity contribution in [1.82, 2.24) is 4.98 Å². The van der Waals surface area contributed by atoms with Crippen molar-refractivity contribution in [2.75, 3.05) is 0 Å². The van der Waals surface area contributed by atoms with Crippen LogP contribution < -0.4 is 0 Å². The number of carboxylic acid groups (broad SMARTS) is 1. The van der Waals surface area contributed by atoms with Gasteiger partial charge in [-0.05, 0) is 37.5 Å². The molecule has 1 aliphatic rings. The van der Waals surface area contributed by atoms with Gasteiger partial charge >= 0.3 is 5.97 Å². The van der Waals surface area contributed by atoms with Crippen molar-refractivity contribution < 1.29 is 14.7 Å². The average Bonchev–Trinajstić information content (AvgIpc) is 3.12. The molecule has 0 saturated heterocycles. The highest BCUT2D eigenvalue weighted by molar-refractivity contribution is 6.09. The molecular formula is C16H14N2O3. The first kappa shape index (κ1) is 13.4. The number of ketones is 1. The lowest BCUT2D eigenvalue weighted by molar-refractivity contribution is -0.141. The number of nitrogens with zero attached hydrogens (tertiary/aromatic N) is 1. The van der Waals surface area contributed by atoms with Crippen LogP contribution >= 0.6 is 0 Å². The molecule has 0 bridgehead atoms. The van der Waals surface area contributed by atoms with Gasteiger partial charge in [-0.1, -0.05) is 0 Å². The van der Waals surface area contributed by atoms with E-state index in [1.165, 1.54) is 0 Å². The number of Topliss-reactive ketones (excluding diaryl/α,β-unsaturated/α-hetero) is 1. The number of benzene rings is 1. The van der Waals surface area contributed by atoms with Crippen LogP contribution in [0.15, 0.2) is 24.4 Å². The average molecular weight is 282 g/mol. The maximum absolute atomic E-state index is 12.6. The summed E-state index contributed by atoms with van der Waals surface area (Å²) in [4.78, 5) is 26.6. The SMILES string of the molecule is N#Cc1ccc2[nH]cc(C(=O)C3CCC(C(=O)O)C3)c2c1. The second-order valence-electron chi connectivity index (χ2n) is 5.48. The fourth-order valence-corrected chi connectivity index (χ4v) is 3.06. The fourth-order valence-electron chi connectivity index (χ4n) is 3.06. The summed E-state index contributed by atoms with van der Waals surface area (Å²) in [5, 5.41) is 18.7. The standard InChI is InChI=1S/C16H14N2O3/c17-7-9-1-4-14-12(5-9)13(8-18-14)15(19)10-2-3-11(6-10)16(20)21/h1,4-5,8,10-11,18H,2-3,6H2,(H,20,21). The first-order valence-electron chi connectivity index (χ1n) is 6.88. The Morgan fingerprint density at radius 3 is 2.71 bits per heavy atom. The molecule has 5 nitrogen and oxygen atoms in total. The molecule has 2 aromatic rings. The lowest BCUT2D eigenvalue weighted by Gasteiger charge is -2.07. The second-order valence-corrected chi connectivity index (χ2v) is 5.48. The molecule has 106 valence electrons. The quantitative estimate of drug-likeness (QED) is 0.846. The molecular weight excluding hydrogens is 268 g/mol. The Morgan fingerprint density at radius 2 is 2.05 bits per heavy atom. The van der Waals surface area contributed by atoms with Gasteiger partial charge in [0.25, 0.3) is 0 Å². The minimum Gasteiger partial charge on any atom is -0.481 e. The normalized spacial score (nSPS) is 21.3. The Hall–Kier alpha value is -2.61. The first-order valence-corrected chi connectivity index (χ1v) is 6.88. The van der Waals surface area contributed by atoms with Crippen LogP contribution in [0.2, 0.25) is 0 Å². The van der Waals surface area contributed by atoms with Crippen molar-refractivity contribution in [1.29, 1.82) is 5.26 Å². The van der Waals surface area contributed by atoms with Crippen LogP contribution in [-0.4, -0.2) is 21.8 Å². The zero-order valence-corrected chi connectivity index (χ0v) is 11.3. The Bertz CT molecular complexity index is 769. The highest BCUT2D eigenvalue weighted by Gasteiger charge is 2.34. The van der Waals surface area contributed by atoms with E-state index in [0.717, 1.165) is 10.9 Å². The second kappa shape index (κ2) is 5.06. The third kappa shape index (κ3) is 2.29. The van der Waals surface area contributed by atoms with E-state index in [-0.39, 0.29) is 11.7 Å². The number of carboxylic acids is 1. The topological polar surface area (TPSA) is 94.0 Å². The van der Waals surface area contributed by atoms with Gasteiger partial charge in [0.1, 0.15) is 0 Å². The zero-order chi connectivity index (χ0) is 15.0. The molecule has 1 aromatic carbocycles. The van der Waals surface area contributed by atoms with Crippen molar-refractivity contribution >= 4 is 22.7 Å². The Labute approximate surface area is 121 Å². The fraction of sp³-hybridized carbons (Fsp3) is 0.312. The van der Waals surface area contributed by atoms with Crippen LogP contribution in [0.1, 0.15) is 35.2 Å². The van der Waals surface area contributed by atoms with Crippen molar-refractivity contribution in [3.05, 3.63) is 35.5 Å². The van der Waals surface area contributed by atoms with Crippen LogP contribution in [0.25, 0.3) is 10.9 Å². The van der Waals surface area contributed by atoms with Gasteiger partial charge < -0.3 is 10.1 Å². The molecule has 1 heterocycles. The number of aromatic amines is 1. The summed E-state index contributed by atoms with van der Waals surface area (Å²) in [5.41, 5.74) is 1.87. The number of aliphatic carboxylic acids is 1. The molecule has 5 heteroatoms. The summed E-state index contributed by atoms with van der Waals surface area (Å²) in [6, 6.07) is 7.24. The van der Waals surface area contributed by atoms with Crippen LogP contribution in [0, 0.1) is 23.2 Å². The number of hydrogen-bond donors (Lipinski definition) is 2. The van der Waals surface area contributed by atoms with Crippen molar-refractivity contribution in [2.24, 2.45) is 11.8 Å². The predicted molar refractivity (Wildman–Crippen MR) is 75.8 cm³/mol. The predicted octanol–water partition coefficient (Wildman–Crippen LogP) is 2.72. The van der Waals surface area contributed by atoms with E-state index in [1.807, 2.05) is 0 Å². The summed E-state index contributed by atoms with van der Waals surface area (Å²) in [6.07, 6.45) is 3.22. The van der Waals surface area contributed by atoms with Gasteiger partial charge in [0, 0.05) is 28.6 Å². The maximum Gasteiger partial charge on any atom is 0.306 e. The number of nitrogens with one attached hydrogen (secondary N) is 1. The third-order valence-electron chi connectivity index (χ3n) is 4.23. The van der Waals surface area contributed by atoms with Crippen LogP contribution in [0.5, 0.6) is 0 Å². The molecule has 0 spiro atoms. The van der Waals surface area contributed by atoms with E-state index < -0.39 is 11.9 Å². The number of aromatic nitrogens is 1. The molecule has 3 rings (SSSR count). The molecule has 2 atom stereocenters. The summed E-state index contributed by atoms with van der Waals surface area (Å²) in [6.45, 7) is 0. The van der Waals surface area contributed by atoms with E-state index in [9.17, 15) is 9.59 Å². The lowest BCUT2D eigenvalue weighted by Crippen LogP contribution is -2.14. The molecule has 1 aromatic heterocycles. The number of nitriles is 1. The Kier molecular flexibility index (Phi) is 3.22. The molecule has 1 saturated carbocycles. The van der Waals surface area contributed by atoms with E-state index in [0.29, 0.717) is 30.4 Å². The number of carbonyl (C=O) groups is 2. The van der Waals surface area contributed by atoms with E-state index in [4.69, 9.17) is 10.4 Å². The highest BCUT2D eigenvalue weighted by Crippen LogP contribution is 2.34. The highest BCUT2D eigenvalue weighted by atomic mass is 16.4. The van der Waals surface area contributed by atoms with E-state index in [1.54, 1.807) is 24.4 Å². The van der Waals surface area contributed by atoms with Crippen LogP contribution in [-0.2, 0) is 4.79 Å². The van der Waals surface area contributed by atoms with Gasteiger partial charge in [0.15, 0.2) is 5.78 Å². The van der Waals surface area contributed by atoms with Gasteiger partial charge in [0.05, 0.1) is 17.6 Å². The molecule has 2 unspecified atom stereocenters. The molecule has 2 N–H and O–H groups in total. The van der Waals surface area contributed by atoms with Crippen LogP contribution in [0.3, 0.4) is 0 Å². The van der Waals surface area contributed by atoms with Gasteiger partial charge in [-0.15, -0.1) is 0 Å². The smallest absolute Gasteiger partial charge is 0.306 e. The minimum absolute atomic E-state index is 0.0277. The van der Waals surface area contributed by atoms with Gasteiger partial charge in [-0.3, -0.25) is 9.59 Å². The lowest BCUT2D eigenvalue weighted by atomic mass is 9.94. The summed E-state index contributed by atoms with van der Waals surface area (Å²) in [7, 11) is 0. The Morgan fingerprint density at radius 1 is 1.29 bits per heavy atom.